The summed E-state index contributed by atoms with van der Waals surface area (Å²) in [5.41, 5.74) is 1.23. The lowest BCUT2D eigenvalue weighted by Gasteiger charge is -2.16. The standard InChI is InChI=1S/C26H35N5O4S/c27-11-4-5-20-7-9-21(10-8-20)25(32)29-14-16-35-18-17-34-15-13-28-12-3-1-2-6-23-24-22(19-36-23)30-26(33)31-24/h7-10,22-24,28H,1-3,6,12-19H2,(H,29,32)(H2,30,31,33)/t22-,23-,24-/m0/s1. The number of rotatable bonds is 16. The molecule has 0 saturated carbocycles. The minimum Gasteiger partial charge on any atom is -0.378 e. The van der Waals surface area contributed by atoms with E-state index in [1.165, 1.54) is 12.8 Å². The average molecular weight is 514 g/mol. The van der Waals surface area contributed by atoms with Crippen LogP contribution in [0.1, 0.15) is 41.6 Å². The predicted octanol–water partition coefficient (Wildman–Crippen LogP) is 1.64. The molecule has 0 aliphatic carbocycles. The summed E-state index contributed by atoms with van der Waals surface area (Å²) < 4.78 is 11.1. The molecule has 2 aliphatic rings. The number of fused-ring (bicyclic) bond motifs is 1. The second kappa shape index (κ2) is 16.1. The van der Waals surface area contributed by atoms with Gasteiger partial charge in [-0.05, 0) is 43.7 Å². The van der Waals surface area contributed by atoms with Gasteiger partial charge in [-0.3, -0.25) is 4.79 Å². The molecule has 2 heterocycles. The minimum atomic E-state index is -0.175. The summed E-state index contributed by atoms with van der Waals surface area (Å²) in [5, 5.41) is 21.2. The fourth-order valence-corrected chi connectivity index (χ4v) is 5.69. The summed E-state index contributed by atoms with van der Waals surface area (Å²) in [6.45, 7) is 4.29. The smallest absolute Gasteiger partial charge is 0.315 e. The maximum atomic E-state index is 12.1. The second-order valence-electron chi connectivity index (χ2n) is 8.64. The zero-order valence-electron chi connectivity index (χ0n) is 20.5. The second-order valence-corrected chi connectivity index (χ2v) is 9.91. The number of benzene rings is 1. The summed E-state index contributed by atoms with van der Waals surface area (Å²) in [4.78, 5) is 23.5. The molecule has 1 aromatic carbocycles. The van der Waals surface area contributed by atoms with Crippen LogP contribution < -0.4 is 21.3 Å². The van der Waals surface area contributed by atoms with E-state index in [1.807, 2.05) is 11.8 Å². The van der Waals surface area contributed by atoms with Gasteiger partial charge in [0, 0.05) is 41.1 Å². The predicted molar refractivity (Wildman–Crippen MR) is 140 cm³/mol. The van der Waals surface area contributed by atoms with Crippen molar-refractivity contribution in [1.29, 1.82) is 5.26 Å². The number of carbonyl (C=O) groups is 2. The summed E-state index contributed by atoms with van der Waals surface area (Å²) in [6, 6.07) is 9.15. The monoisotopic (exact) mass is 513 g/mol. The molecule has 1 aromatic rings. The van der Waals surface area contributed by atoms with Crippen LogP contribution in [-0.4, -0.2) is 81.1 Å². The van der Waals surface area contributed by atoms with E-state index in [2.05, 4.69) is 33.1 Å². The molecule has 3 amide bonds. The van der Waals surface area contributed by atoms with E-state index in [4.69, 9.17) is 14.7 Å². The number of nitriles is 1. The first-order valence-corrected chi connectivity index (χ1v) is 13.6. The molecule has 2 saturated heterocycles. The van der Waals surface area contributed by atoms with Crippen LogP contribution in [-0.2, 0) is 9.47 Å². The third-order valence-electron chi connectivity index (χ3n) is 6.02. The van der Waals surface area contributed by atoms with Gasteiger partial charge in [0.2, 0.25) is 0 Å². The first kappa shape index (κ1) is 27.8. The Morgan fingerprint density at radius 2 is 1.81 bits per heavy atom. The third-order valence-corrected chi connectivity index (χ3v) is 7.53. The number of carbonyl (C=O) groups excluding carboxylic acids is 2. The van der Waals surface area contributed by atoms with Crippen molar-refractivity contribution < 1.29 is 19.1 Å². The molecule has 3 atom stereocenters. The first-order valence-electron chi connectivity index (χ1n) is 12.5. The van der Waals surface area contributed by atoms with Crippen molar-refractivity contribution in [2.75, 3.05) is 51.8 Å². The van der Waals surface area contributed by atoms with Crippen molar-refractivity contribution in [3.63, 3.8) is 0 Å². The summed E-state index contributed by atoms with van der Waals surface area (Å²) in [6.07, 6.45) is 4.69. The zero-order chi connectivity index (χ0) is 25.4. The van der Waals surface area contributed by atoms with Crippen LogP contribution in [0.25, 0.3) is 0 Å². The zero-order valence-corrected chi connectivity index (χ0v) is 21.3. The van der Waals surface area contributed by atoms with Crippen LogP contribution in [0.2, 0.25) is 0 Å². The van der Waals surface area contributed by atoms with Gasteiger partial charge in [0.1, 0.15) is 0 Å². The lowest BCUT2D eigenvalue weighted by Crippen LogP contribution is -2.36. The Bertz CT molecular complexity index is 940. The van der Waals surface area contributed by atoms with Crippen molar-refractivity contribution in [3.8, 4) is 17.9 Å². The van der Waals surface area contributed by atoms with E-state index >= 15 is 0 Å². The summed E-state index contributed by atoms with van der Waals surface area (Å²) >= 11 is 1.98. The van der Waals surface area contributed by atoms with E-state index in [0.717, 1.165) is 31.7 Å². The number of urea groups is 1. The molecule has 36 heavy (non-hydrogen) atoms. The normalized spacial score (nSPS) is 20.0. The molecular formula is C26H35N5O4S. The van der Waals surface area contributed by atoms with Gasteiger partial charge in [0.15, 0.2) is 6.07 Å². The number of unbranched alkanes of at least 4 members (excludes halogenated alkanes) is 2. The number of ether oxygens (including phenoxy) is 2. The van der Waals surface area contributed by atoms with E-state index in [9.17, 15) is 9.59 Å². The van der Waals surface area contributed by atoms with Crippen LogP contribution in [0, 0.1) is 23.2 Å². The van der Waals surface area contributed by atoms with Gasteiger partial charge < -0.3 is 30.7 Å². The molecule has 2 aliphatic heterocycles. The van der Waals surface area contributed by atoms with Crippen molar-refractivity contribution in [1.82, 2.24) is 21.3 Å². The third kappa shape index (κ3) is 9.71. The van der Waals surface area contributed by atoms with Crippen LogP contribution >= 0.6 is 11.8 Å². The molecule has 4 N–H and O–H groups in total. The highest BCUT2D eigenvalue weighted by molar-refractivity contribution is 8.00. The molecule has 0 bridgehead atoms. The quantitative estimate of drug-likeness (QED) is 0.150. The van der Waals surface area contributed by atoms with Gasteiger partial charge in [-0.15, -0.1) is 0 Å². The molecule has 0 spiro atoms. The van der Waals surface area contributed by atoms with Crippen LogP contribution in [0.15, 0.2) is 24.3 Å². The van der Waals surface area contributed by atoms with Crippen molar-refractivity contribution >= 4 is 23.7 Å². The lowest BCUT2D eigenvalue weighted by molar-refractivity contribution is 0.0493. The number of nitrogens with zero attached hydrogens (tertiary/aromatic N) is 1. The Hall–Kier alpha value is -2.76. The summed E-state index contributed by atoms with van der Waals surface area (Å²) in [5.74, 6) is 5.85. The van der Waals surface area contributed by atoms with E-state index in [0.29, 0.717) is 61.4 Å². The molecule has 0 radical (unpaired) electrons. The molecule has 10 heteroatoms. The van der Waals surface area contributed by atoms with Crippen molar-refractivity contribution in [2.24, 2.45) is 0 Å². The van der Waals surface area contributed by atoms with Crippen LogP contribution in [0.5, 0.6) is 0 Å². The topological polar surface area (TPSA) is 125 Å². The SMILES string of the molecule is N#CC#Cc1ccc(C(=O)NCCOCCOCCNCCCCC[C@@H]2SC[C@@H]3NC(=O)N[C@@H]32)cc1. The van der Waals surface area contributed by atoms with Gasteiger partial charge in [-0.1, -0.05) is 18.8 Å². The number of amides is 3. The van der Waals surface area contributed by atoms with E-state index in [-0.39, 0.29) is 11.9 Å². The fraction of sp³-hybridized carbons (Fsp3) is 0.577. The Morgan fingerprint density at radius 1 is 1.03 bits per heavy atom. The fourth-order valence-electron chi connectivity index (χ4n) is 4.15. The van der Waals surface area contributed by atoms with E-state index in [1.54, 1.807) is 30.3 Å². The maximum Gasteiger partial charge on any atom is 0.315 e. The maximum absolute atomic E-state index is 12.1. The summed E-state index contributed by atoms with van der Waals surface area (Å²) in [7, 11) is 0. The molecule has 0 unspecified atom stereocenters. The van der Waals surface area contributed by atoms with Gasteiger partial charge in [-0.25, -0.2) is 4.79 Å². The number of thioether (sulfide) groups is 1. The largest absolute Gasteiger partial charge is 0.378 e. The number of hydrogen-bond donors (Lipinski definition) is 4. The highest BCUT2D eigenvalue weighted by atomic mass is 32.2. The Kier molecular flexibility index (Phi) is 12.4. The van der Waals surface area contributed by atoms with Gasteiger partial charge in [0.05, 0.1) is 38.5 Å². The minimum absolute atomic E-state index is 0.0127. The van der Waals surface area contributed by atoms with Crippen molar-refractivity contribution in [2.45, 2.75) is 43.0 Å². The highest BCUT2D eigenvalue weighted by Gasteiger charge is 2.42. The van der Waals surface area contributed by atoms with Gasteiger partial charge in [-0.2, -0.15) is 17.0 Å². The number of hydrogen-bond acceptors (Lipinski definition) is 7. The highest BCUT2D eigenvalue weighted by Crippen LogP contribution is 2.33. The average Bonchev–Trinajstić information content (AvgIpc) is 3.44. The molecule has 3 rings (SSSR count). The van der Waals surface area contributed by atoms with Crippen LogP contribution in [0.3, 0.4) is 0 Å². The van der Waals surface area contributed by atoms with Gasteiger partial charge in [0.25, 0.3) is 5.91 Å². The van der Waals surface area contributed by atoms with E-state index < -0.39 is 0 Å². The molecule has 9 nitrogen and oxygen atoms in total. The van der Waals surface area contributed by atoms with Gasteiger partial charge >= 0.3 is 6.03 Å². The number of nitrogens with one attached hydrogen (secondary N) is 4. The van der Waals surface area contributed by atoms with Crippen LogP contribution in [0.4, 0.5) is 4.79 Å². The molecule has 0 aromatic heterocycles. The molecular weight excluding hydrogens is 478 g/mol. The Labute approximate surface area is 217 Å². The molecule has 194 valence electrons. The van der Waals surface area contributed by atoms with Crippen molar-refractivity contribution in [3.05, 3.63) is 35.4 Å². The lowest BCUT2D eigenvalue weighted by atomic mass is 10.0. The Morgan fingerprint density at radius 3 is 2.58 bits per heavy atom. The molecule has 2 fully saturated rings. The Balaban J connectivity index is 1.06. The first-order chi connectivity index (χ1) is 17.7.